The van der Waals surface area contributed by atoms with Crippen LogP contribution in [0.2, 0.25) is 0 Å². The zero-order chi connectivity index (χ0) is 22.6. The van der Waals surface area contributed by atoms with Gasteiger partial charge in [0.2, 0.25) is 15.9 Å². The summed E-state index contributed by atoms with van der Waals surface area (Å²) < 4.78 is 32.3. The molecule has 0 aliphatic carbocycles. The fourth-order valence-corrected chi connectivity index (χ4v) is 5.35. The van der Waals surface area contributed by atoms with Crippen LogP contribution in [-0.2, 0) is 20.2 Å². The van der Waals surface area contributed by atoms with Crippen molar-refractivity contribution in [3.8, 4) is 5.75 Å². The van der Waals surface area contributed by atoms with Gasteiger partial charge in [0.15, 0.2) is 0 Å². The monoisotopic (exact) mass is 444 g/mol. The van der Waals surface area contributed by atoms with Crippen molar-refractivity contribution in [2.75, 3.05) is 26.7 Å². The minimum absolute atomic E-state index is 0.00206. The molecule has 31 heavy (non-hydrogen) atoms. The molecule has 0 atom stereocenters. The average molecular weight is 445 g/mol. The van der Waals surface area contributed by atoms with E-state index in [9.17, 15) is 13.2 Å². The summed E-state index contributed by atoms with van der Waals surface area (Å²) >= 11 is 0. The largest absolute Gasteiger partial charge is 0.497 e. The summed E-state index contributed by atoms with van der Waals surface area (Å²) in [5.74, 6) is 0.445. The zero-order valence-electron chi connectivity index (χ0n) is 18.7. The van der Waals surface area contributed by atoms with Gasteiger partial charge in [0.1, 0.15) is 5.75 Å². The summed E-state index contributed by atoms with van der Waals surface area (Å²) in [7, 11) is -2.02. The molecule has 1 amide bonds. The first kappa shape index (κ1) is 23.3. The van der Waals surface area contributed by atoms with Gasteiger partial charge >= 0.3 is 0 Å². The number of hydrogen-bond acceptors (Lipinski definition) is 4. The van der Waals surface area contributed by atoms with Crippen LogP contribution in [0.25, 0.3) is 0 Å². The normalized spacial score (nSPS) is 16.1. The highest BCUT2D eigenvalue weighted by molar-refractivity contribution is 7.89. The first-order valence-corrected chi connectivity index (χ1v) is 12.1. The number of amides is 1. The number of methoxy groups -OCH3 is 1. The molecule has 1 fully saturated rings. The summed E-state index contributed by atoms with van der Waals surface area (Å²) in [4.78, 5) is 13.0. The molecule has 0 radical (unpaired) electrons. The Kier molecular flexibility index (Phi) is 7.06. The smallest absolute Gasteiger partial charge is 0.243 e. The van der Waals surface area contributed by atoms with Gasteiger partial charge in [0.25, 0.3) is 0 Å². The van der Waals surface area contributed by atoms with Crippen molar-refractivity contribution in [1.29, 1.82) is 0 Å². The molecule has 2 aromatic rings. The Morgan fingerprint density at radius 3 is 2.35 bits per heavy atom. The van der Waals surface area contributed by atoms with Gasteiger partial charge in [-0.05, 0) is 49.6 Å². The van der Waals surface area contributed by atoms with Crippen molar-refractivity contribution in [2.24, 2.45) is 5.92 Å². The highest BCUT2D eigenvalue weighted by Gasteiger charge is 2.32. The van der Waals surface area contributed by atoms with Crippen molar-refractivity contribution in [2.45, 2.75) is 43.9 Å². The Morgan fingerprint density at radius 1 is 1.13 bits per heavy atom. The minimum Gasteiger partial charge on any atom is -0.497 e. The molecule has 0 unspecified atom stereocenters. The standard InChI is InChI=1S/C24H32N2O4S/c1-18-6-5-7-20(16-18)24(2,3)17-25-23(27)19-12-14-26(15-13-19)31(28,29)22-10-8-21(30-4)9-11-22/h5-11,16,19H,12-15,17H2,1-4H3,(H,25,27). The maximum absolute atomic E-state index is 12.9. The van der Waals surface area contributed by atoms with Gasteiger partial charge in [-0.15, -0.1) is 0 Å². The summed E-state index contributed by atoms with van der Waals surface area (Å²) in [6.45, 7) is 7.52. The minimum atomic E-state index is -3.57. The number of hydrogen-bond donors (Lipinski definition) is 1. The molecule has 1 aliphatic heterocycles. The van der Waals surface area contributed by atoms with E-state index in [1.165, 1.54) is 15.4 Å². The van der Waals surface area contributed by atoms with Crippen LogP contribution in [0.3, 0.4) is 0 Å². The summed E-state index contributed by atoms with van der Waals surface area (Å²) in [6.07, 6.45) is 1.04. The van der Waals surface area contributed by atoms with Crippen molar-refractivity contribution in [3.05, 3.63) is 59.7 Å². The molecule has 3 rings (SSSR count). The van der Waals surface area contributed by atoms with Crippen molar-refractivity contribution in [3.63, 3.8) is 0 Å². The second-order valence-electron chi connectivity index (χ2n) is 8.83. The topological polar surface area (TPSA) is 75.7 Å². The van der Waals surface area contributed by atoms with Gasteiger partial charge in [0.05, 0.1) is 12.0 Å². The Balaban J connectivity index is 1.55. The molecule has 1 saturated heterocycles. The van der Waals surface area contributed by atoms with E-state index in [1.54, 1.807) is 31.4 Å². The molecule has 0 bridgehead atoms. The van der Waals surface area contributed by atoms with Gasteiger partial charge < -0.3 is 10.1 Å². The SMILES string of the molecule is COc1ccc(S(=O)(=O)N2CCC(C(=O)NCC(C)(C)c3cccc(C)c3)CC2)cc1. The van der Waals surface area contributed by atoms with E-state index in [0.29, 0.717) is 38.2 Å². The third-order valence-electron chi connectivity index (χ3n) is 6.03. The molecule has 168 valence electrons. The number of carbonyl (C=O) groups excluding carboxylic acids is 1. The molecule has 0 aromatic heterocycles. The first-order valence-electron chi connectivity index (χ1n) is 10.6. The first-order chi connectivity index (χ1) is 14.6. The second kappa shape index (κ2) is 9.40. The number of rotatable bonds is 7. The van der Waals surface area contributed by atoms with Crippen LogP contribution in [0, 0.1) is 12.8 Å². The van der Waals surface area contributed by atoms with E-state index in [-0.39, 0.29) is 22.1 Å². The number of piperidine rings is 1. The number of sulfonamides is 1. The van der Waals surface area contributed by atoms with Gasteiger partial charge in [0, 0.05) is 31.0 Å². The van der Waals surface area contributed by atoms with E-state index in [4.69, 9.17) is 4.74 Å². The Morgan fingerprint density at radius 2 is 1.77 bits per heavy atom. The number of nitrogens with zero attached hydrogens (tertiary/aromatic N) is 1. The quantitative estimate of drug-likeness (QED) is 0.709. The lowest BCUT2D eigenvalue weighted by Crippen LogP contribution is -2.45. The van der Waals surface area contributed by atoms with Crippen LogP contribution in [0.1, 0.15) is 37.8 Å². The lowest BCUT2D eigenvalue weighted by atomic mass is 9.83. The molecule has 7 heteroatoms. The number of aryl methyl sites for hydroxylation is 1. The number of ether oxygens (including phenoxy) is 1. The zero-order valence-corrected chi connectivity index (χ0v) is 19.5. The number of carbonyl (C=O) groups is 1. The molecular weight excluding hydrogens is 412 g/mol. The Labute approximate surface area is 185 Å². The van der Waals surface area contributed by atoms with Gasteiger partial charge in [-0.2, -0.15) is 4.31 Å². The van der Waals surface area contributed by atoms with Crippen LogP contribution < -0.4 is 10.1 Å². The fraction of sp³-hybridized carbons (Fsp3) is 0.458. The Bertz CT molecular complexity index is 1010. The van der Waals surface area contributed by atoms with E-state index in [2.05, 4.69) is 44.3 Å². The van der Waals surface area contributed by atoms with Crippen LogP contribution >= 0.6 is 0 Å². The van der Waals surface area contributed by atoms with Crippen molar-refractivity contribution >= 4 is 15.9 Å². The van der Waals surface area contributed by atoms with Gasteiger partial charge in [-0.25, -0.2) is 8.42 Å². The van der Waals surface area contributed by atoms with Crippen LogP contribution in [0.5, 0.6) is 5.75 Å². The number of nitrogens with one attached hydrogen (secondary N) is 1. The Hall–Kier alpha value is -2.38. The lowest BCUT2D eigenvalue weighted by molar-refractivity contribution is -0.126. The number of benzene rings is 2. The van der Waals surface area contributed by atoms with E-state index in [0.717, 1.165) is 0 Å². The average Bonchev–Trinajstić information content (AvgIpc) is 2.77. The van der Waals surface area contributed by atoms with Crippen molar-refractivity contribution in [1.82, 2.24) is 9.62 Å². The lowest BCUT2D eigenvalue weighted by Gasteiger charge is -2.32. The van der Waals surface area contributed by atoms with E-state index >= 15 is 0 Å². The molecule has 2 aromatic carbocycles. The van der Waals surface area contributed by atoms with Gasteiger partial charge in [-0.3, -0.25) is 4.79 Å². The predicted molar refractivity (Wildman–Crippen MR) is 122 cm³/mol. The van der Waals surface area contributed by atoms with Gasteiger partial charge in [-0.1, -0.05) is 43.7 Å². The maximum Gasteiger partial charge on any atom is 0.243 e. The van der Waals surface area contributed by atoms with E-state index < -0.39 is 10.0 Å². The second-order valence-corrected chi connectivity index (χ2v) is 10.8. The molecule has 1 aliphatic rings. The molecule has 1 N–H and O–H groups in total. The van der Waals surface area contributed by atoms with Crippen LogP contribution in [0.15, 0.2) is 53.4 Å². The molecular formula is C24H32N2O4S. The third-order valence-corrected chi connectivity index (χ3v) is 7.94. The van der Waals surface area contributed by atoms with Crippen LogP contribution in [0.4, 0.5) is 0 Å². The predicted octanol–water partition coefficient (Wildman–Crippen LogP) is 3.50. The maximum atomic E-state index is 12.9. The summed E-state index contributed by atoms with van der Waals surface area (Å²) in [5, 5.41) is 3.09. The van der Waals surface area contributed by atoms with Crippen molar-refractivity contribution < 1.29 is 17.9 Å². The highest BCUT2D eigenvalue weighted by Crippen LogP contribution is 2.26. The fourth-order valence-electron chi connectivity index (χ4n) is 3.88. The molecule has 1 heterocycles. The van der Waals surface area contributed by atoms with E-state index in [1.807, 2.05) is 6.07 Å². The molecule has 0 saturated carbocycles. The summed E-state index contributed by atoms with van der Waals surface area (Å²) in [6, 6.07) is 14.7. The summed E-state index contributed by atoms with van der Waals surface area (Å²) in [5.41, 5.74) is 2.20. The third kappa shape index (κ3) is 5.46. The molecule has 0 spiro atoms. The highest BCUT2D eigenvalue weighted by atomic mass is 32.2. The van der Waals surface area contributed by atoms with Crippen LogP contribution in [-0.4, -0.2) is 45.4 Å². The molecule has 6 nitrogen and oxygen atoms in total.